The van der Waals surface area contributed by atoms with Crippen molar-refractivity contribution in [3.63, 3.8) is 0 Å². The maximum Gasteiger partial charge on any atom is 0.251 e. The van der Waals surface area contributed by atoms with E-state index in [0.717, 1.165) is 5.76 Å². The zero-order valence-electron chi connectivity index (χ0n) is 9.52. The molecule has 2 rings (SSSR count). The van der Waals surface area contributed by atoms with Gasteiger partial charge in [0, 0.05) is 18.5 Å². The fraction of sp³-hybridized carbons (Fsp3) is 0.167. The van der Waals surface area contributed by atoms with E-state index in [1.165, 1.54) is 12.1 Å². The van der Waals surface area contributed by atoms with Crippen molar-refractivity contribution in [2.24, 2.45) is 0 Å². The second-order valence-electron chi connectivity index (χ2n) is 3.69. The van der Waals surface area contributed by atoms with Gasteiger partial charge in [0.1, 0.15) is 16.7 Å². The Balaban J connectivity index is 1.91. The van der Waals surface area contributed by atoms with Gasteiger partial charge in [0.2, 0.25) is 0 Å². The number of nitrogens with zero attached hydrogens (tertiary/aromatic N) is 1. The first-order chi connectivity index (χ1) is 8.65. The van der Waals surface area contributed by atoms with Gasteiger partial charge in [-0.25, -0.2) is 4.98 Å². The number of nitrogens with one attached hydrogen (secondary N) is 1. The molecule has 2 aromatic rings. The number of carbonyl (C=O) groups is 1. The number of rotatable bonds is 4. The van der Waals surface area contributed by atoms with E-state index < -0.39 is 0 Å². The molecule has 0 aromatic carbocycles. The lowest BCUT2D eigenvalue weighted by molar-refractivity contribution is 0.0953. The molecule has 0 spiro atoms. The van der Waals surface area contributed by atoms with Crippen molar-refractivity contribution in [3.8, 4) is 0 Å². The van der Waals surface area contributed by atoms with Crippen LogP contribution in [0.2, 0.25) is 5.15 Å². The highest BCUT2D eigenvalue weighted by Gasteiger charge is 2.08. The average molecular weight is 266 g/mol. The zero-order chi connectivity index (χ0) is 13.0. The number of nitrogens with two attached hydrogens (primary N) is 1. The van der Waals surface area contributed by atoms with E-state index in [1.54, 1.807) is 12.3 Å². The normalized spacial score (nSPS) is 10.3. The SMILES string of the molecule is Nc1cc(C(=O)NCCc2ccco2)cc(Cl)n1. The van der Waals surface area contributed by atoms with Crippen LogP contribution in [0.4, 0.5) is 5.82 Å². The number of halogens is 1. The van der Waals surface area contributed by atoms with Gasteiger partial charge in [-0.3, -0.25) is 4.79 Å². The van der Waals surface area contributed by atoms with Gasteiger partial charge >= 0.3 is 0 Å². The number of hydrogen-bond donors (Lipinski definition) is 2. The summed E-state index contributed by atoms with van der Waals surface area (Å²) >= 11 is 5.72. The lowest BCUT2D eigenvalue weighted by atomic mass is 10.2. The fourth-order valence-corrected chi connectivity index (χ4v) is 1.72. The summed E-state index contributed by atoms with van der Waals surface area (Å²) < 4.78 is 5.16. The van der Waals surface area contributed by atoms with Gasteiger partial charge in [-0.2, -0.15) is 0 Å². The van der Waals surface area contributed by atoms with Crippen LogP contribution in [-0.2, 0) is 6.42 Å². The topological polar surface area (TPSA) is 81.2 Å². The number of nitrogen functional groups attached to an aromatic ring is 1. The number of amides is 1. The lowest BCUT2D eigenvalue weighted by Gasteiger charge is -2.05. The van der Waals surface area contributed by atoms with Gasteiger partial charge in [-0.1, -0.05) is 11.6 Å². The highest BCUT2D eigenvalue weighted by molar-refractivity contribution is 6.29. The maximum atomic E-state index is 11.8. The van der Waals surface area contributed by atoms with E-state index in [1.807, 2.05) is 6.07 Å². The Labute approximate surface area is 109 Å². The van der Waals surface area contributed by atoms with E-state index in [-0.39, 0.29) is 16.9 Å². The number of anilines is 1. The molecule has 0 radical (unpaired) electrons. The Morgan fingerprint density at radius 2 is 2.33 bits per heavy atom. The summed E-state index contributed by atoms with van der Waals surface area (Å²) in [5.41, 5.74) is 5.91. The molecule has 18 heavy (non-hydrogen) atoms. The highest BCUT2D eigenvalue weighted by atomic mass is 35.5. The van der Waals surface area contributed by atoms with Gasteiger partial charge in [-0.15, -0.1) is 0 Å². The molecule has 0 saturated carbocycles. The first-order valence-electron chi connectivity index (χ1n) is 5.39. The second kappa shape index (κ2) is 5.55. The number of furan rings is 1. The predicted octanol–water partition coefficient (Wildman–Crippen LogP) is 1.88. The van der Waals surface area contributed by atoms with Gasteiger partial charge < -0.3 is 15.5 Å². The lowest BCUT2D eigenvalue weighted by Crippen LogP contribution is -2.25. The summed E-state index contributed by atoms with van der Waals surface area (Å²) in [6, 6.07) is 6.61. The zero-order valence-corrected chi connectivity index (χ0v) is 10.3. The fourth-order valence-electron chi connectivity index (χ4n) is 1.50. The number of pyridine rings is 1. The average Bonchev–Trinajstić information content (AvgIpc) is 2.80. The van der Waals surface area contributed by atoms with Crippen LogP contribution in [0, 0.1) is 0 Å². The Hall–Kier alpha value is -2.01. The molecule has 0 aliphatic rings. The van der Waals surface area contributed by atoms with E-state index in [2.05, 4.69) is 10.3 Å². The predicted molar refractivity (Wildman–Crippen MR) is 68.4 cm³/mol. The maximum absolute atomic E-state index is 11.8. The first kappa shape index (κ1) is 12.4. The monoisotopic (exact) mass is 265 g/mol. The molecule has 0 fully saturated rings. The quantitative estimate of drug-likeness (QED) is 0.827. The van der Waals surface area contributed by atoms with Crippen LogP contribution >= 0.6 is 11.6 Å². The molecule has 0 atom stereocenters. The van der Waals surface area contributed by atoms with Crippen molar-refractivity contribution in [2.45, 2.75) is 6.42 Å². The third-order valence-electron chi connectivity index (χ3n) is 2.31. The van der Waals surface area contributed by atoms with Crippen molar-refractivity contribution in [2.75, 3.05) is 12.3 Å². The van der Waals surface area contributed by atoms with E-state index in [9.17, 15) is 4.79 Å². The molecule has 0 aliphatic carbocycles. The first-order valence-corrected chi connectivity index (χ1v) is 5.76. The Bertz CT molecular complexity index is 520. The number of carbonyl (C=O) groups excluding carboxylic acids is 1. The van der Waals surface area contributed by atoms with Crippen LogP contribution in [-0.4, -0.2) is 17.4 Å². The molecular formula is C12H12ClN3O2. The van der Waals surface area contributed by atoms with Crippen molar-refractivity contribution < 1.29 is 9.21 Å². The minimum absolute atomic E-state index is 0.200. The van der Waals surface area contributed by atoms with Gasteiger partial charge in [0.05, 0.1) is 6.26 Å². The standard InChI is InChI=1S/C12H12ClN3O2/c13-10-6-8(7-11(14)16-10)12(17)15-4-3-9-2-1-5-18-9/h1-2,5-7H,3-4H2,(H2,14,16)(H,15,17). The highest BCUT2D eigenvalue weighted by Crippen LogP contribution is 2.12. The Morgan fingerprint density at radius 1 is 1.50 bits per heavy atom. The smallest absolute Gasteiger partial charge is 0.251 e. The molecule has 2 heterocycles. The van der Waals surface area contributed by atoms with Crippen molar-refractivity contribution in [3.05, 3.63) is 47.0 Å². The second-order valence-corrected chi connectivity index (χ2v) is 4.08. The third kappa shape index (κ3) is 3.24. The summed E-state index contributed by atoms with van der Waals surface area (Å²) in [6.45, 7) is 0.478. The largest absolute Gasteiger partial charge is 0.469 e. The van der Waals surface area contributed by atoms with Crippen molar-refractivity contribution >= 4 is 23.3 Å². The Morgan fingerprint density at radius 3 is 3.00 bits per heavy atom. The molecule has 6 heteroatoms. The molecule has 0 saturated heterocycles. The molecule has 94 valence electrons. The van der Waals surface area contributed by atoms with Gasteiger partial charge in [0.15, 0.2) is 0 Å². The van der Waals surface area contributed by atoms with Crippen LogP contribution in [0.25, 0.3) is 0 Å². The van der Waals surface area contributed by atoms with E-state index in [4.69, 9.17) is 21.8 Å². The minimum Gasteiger partial charge on any atom is -0.469 e. The Kier molecular flexibility index (Phi) is 3.84. The van der Waals surface area contributed by atoms with Crippen LogP contribution in [0.1, 0.15) is 16.1 Å². The number of hydrogen-bond acceptors (Lipinski definition) is 4. The summed E-state index contributed by atoms with van der Waals surface area (Å²) in [7, 11) is 0. The van der Waals surface area contributed by atoms with Crippen LogP contribution in [0.3, 0.4) is 0 Å². The third-order valence-corrected chi connectivity index (χ3v) is 2.51. The summed E-state index contributed by atoms with van der Waals surface area (Å²) in [5, 5.41) is 2.95. The minimum atomic E-state index is -0.238. The van der Waals surface area contributed by atoms with Crippen LogP contribution in [0.5, 0.6) is 0 Å². The molecule has 5 nitrogen and oxygen atoms in total. The van der Waals surface area contributed by atoms with Crippen molar-refractivity contribution in [1.29, 1.82) is 0 Å². The number of aromatic nitrogens is 1. The summed E-state index contributed by atoms with van der Waals surface area (Å²) in [5.74, 6) is 0.804. The van der Waals surface area contributed by atoms with E-state index in [0.29, 0.717) is 18.5 Å². The van der Waals surface area contributed by atoms with E-state index >= 15 is 0 Å². The summed E-state index contributed by atoms with van der Waals surface area (Å²) in [4.78, 5) is 15.6. The van der Waals surface area contributed by atoms with Crippen LogP contribution < -0.4 is 11.1 Å². The molecular weight excluding hydrogens is 254 g/mol. The van der Waals surface area contributed by atoms with Crippen LogP contribution in [0.15, 0.2) is 34.9 Å². The summed E-state index contributed by atoms with van der Waals surface area (Å²) in [6.07, 6.45) is 2.23. The molecule has 0 unspecified atom stereocenters. The molecule has 3 N–H and O–H groups in total. The molecule has 0 bridgehead atoms. The molecule has 1 amide bonds. The van der Waals surface area contributed by atoms with Crippen molar-refractivity contribution in [1.82, 2.24) is 10.3 Å². The molecule has 0 aliphatic heterocycles. The molecule has 2 aromatic heterocycles. The van der Waals surface area contributed by atoms with Gasteiger partial charge in [0.25, 0.3) is 5.91 Å². The van der Waals surface area contributed by atoms with Gasteiger partial charge in [-0.05, 0) is 24.3 Å².